The fraction of sp³-hybridized carbons (Fsp3) is 0.444. The molecule has 1 aromatic carbocycles. The van der Waals surface area contributed by atoms with Gasteiger partial charge in [0, 0.05) is 5.41 Å². The van der Waals surface area contributed by atoms with Crippen molar-refractivity contribution in [2.75, 3.05) is 7.11 Å². The number of rotatable bonds is 5. The Bertz CT molecular complexity index is 923. The van der Waals surface area contributed by atoms with E-state index in [1.807, 2.05) is 40.7 Å². The monoisotopic (exact) mass is 376 g/mol. The molecule has 1 heterocycles. The lowest BCUT2D eigenvalue weighted by Gasteiger charge is -2.16. The van der Waals surface area contributed by atoms with Crippen molar-refractivity contribution in [3.8, 4) is 11.5 Å². The number of aromatic amines is 1. The Morgan fingerprint density at radius 1 is 1.31 bits per heavy atom. The second kappa shape index (κ2) is 7.82. The highest BCUT2D eigenvalue weighted by atomic mass is 32.1. The second-order valence-electron chi connectivity index (χ2n) is 7.07. The zero-order valence-electron chi connectivity index (χ0n) is 15.9. The molecule has 0 radical (unpaired) electrons. The van der Waals surface area contributed by atoms with Crippen LogP contribution in [0.1, 0.15) is 45.9 Å². The van der Waals surface area contributed by atoms with Crippen molar-refractivity contribution in [1.82, 2.24) is 14.9 Å². The van der Waals surface area contributed by atoms with Crippen molar-refractivity contribution in [2.24, 2.45) is 5.10 Å². The first-order valence-corrected chi connectivity index (χ1v) is 8.65. The summed E-state index contributed by atoms with van der Waals surface area (Å²) in [7, 11) is 1.58. The first-order chi connectivity index (χ1) is 12.1. The van der Waals surface area contributed by atoms with Gasteiger partial charge in [0.25, 0.3) is 5.56 Å². The smallest absolute Gasteiger partial charge is 0.297 e. The number of hydrogen-bond donors (Lipinski definition) is 1. The number of hydrogen-bond acceptors (Lipinski definition) is 6. The van der Waals surface area contributed by atoms with Gasteiger partial charge in [-0.05, 0) is 49.8 Å². The van der Waals surface area contributed by atoms with Gasteiger partial charge < -0.3 is 9.47 Å². The standard InChI is InChI=1S/C18H24N4O3S/c1-11(2)25-14-9-12(7-8-13(14)24-6)10-19-22-16(23)15(18(3,4)5)20-21-17(22)26/h7-11H,1-6H3,(H,21,26)/b19-10-. The Morgan fingerprint density at radius 2 is 2.00 bits per heavy atom. The molecule has 0 bridgehead atoms. The zero-order chi connectivity index (χ0) is 19.5. The summed E-state index contributed by atoms with van der Waals surface area (Å²) < 4.78 is 12.3. The molecule has 0 aliphatic heterocycles. The molecule has 2 aromatic rings. The summed E-state index contributed by atoms with van der Waals surface area (Å²) in [5.74, 6) is 1.23. The van der Waals surface area contributed by atoms with Gasteiger partial charge in [-0.1, -0.05) is 20.8 Å². The van der Waals surface area contributed by atoms with Gasteiger partial charge in [0.1, 0.15) is 5.69 Å². The summed E-state index contributed by atoms with van der Waals surface area (Å²) in [6, 6.07) is 5.40. The number of nitrogens with zero attached hydrogens (tertiary/aromatic N) is 3. The molecule has 0 fully saturated rings. The van der Waals surface area contributed by atoms with E-state index in [1.54, 1.807) is 25.5 Å². The molecule has 0 unspecified atom stereocenters. The molecular weight excluding hydrogens is 352 g/mol. The van der Waals surface area contributed by atoms with Crippen LogP contribution >= 0.6 is 12.2 Å². The van der Waals surface area contributed by atoms with Gasteiger partial charge in [-0.3, -0.25) is 9.89 Å². The molecule has 8 heteroatoms. The molecule has 0 amide bonds. The molecule has 0 aliphatic rings. The summed E-state index contributed by atoms with van der Waals surface area (Å²) >= 11 is 5.15. The molecule has 26 heavy (non-hydrogen) atoms. The van der Waals surface area contributed by atoms with E-state index in [4.69, 9.17) is 21.7 Å². The van der Waals surface area contributed by atoms with E-state index in [9.17, 15) is 4.79 Å². The van der Waals surface area contributed by atoms with Crippen LogP contribution in [-0.2, 0) is 5.41 Å². The number of benzene rings is 1. The molecule has 7 nitrogen and oxygen atoms in total. The van der Waals surface area contributed by atoms with Crippen LogP contribution in [0.3, 0.4) is 0 Å². The average molecular weight is 376 g/mol. The minimum atomic E-state index is -0.424. The largest absolute Gasteiger partial charge is 0.493 e. The summed E-state index contributed by atoms with van der Waals surface area (Å²) in [5.41, 5.74) is 0.343. The Morgan fingerprint density at radius 3 is 2.58 bits per heavy atom. The molecule has 140 valence electrons. The average Bonchev–Trinajstić information content (AvgIpc) is 2.53. The molecule has 0 aliphatic carbocycles. The Hall–Kier alpha value is -2.48. The lowest BCUT2D eigenvalue weighted by Crippen LogP contribution is -2.32. The maximum Gasteiger partial charge on any atom is 0.297 e. The molecule has 1 N–H and O–H groups in total. The molecule has 0 saturated heterocycles. The van der Waals surface area contributed by atoms with Crippen LogP contribution in [0.25, 0.3) is 0 Å². The van der Waals surface area contributed by atoms with Crippen molar-refractivity contribution in [1.29, 1.82) is 0 Å². The van der Waals surface area contributed by atoms with E-state index in [2.05, 4.69) is 15.3 Å². The number of nitrogens with one attached hydrogen (secondary N) is 1. The van der Waals surface area contributed by atoms with Crippen LogP contribution in [0.2, 0.25) is 0 Å². The van der Waals surface area contributed by atoms with Gasteiger partial charge in [0.05, 0.1) is 19.4 Å². The Balaban J connectivity index is 2.45. The lowest BCUT2D eigenvalue weighted by atomic mass is 9.93. The lowest BCUT2D eigenvalue weighted by molar-refractivity contribution is 0.230. The third-order valence-corrected chi connectivity index (χ3v) is 3.70. The van der Waals surface area contributed by atoms with E-state index in [-0.39, 0.29) is 16.4 Å². The van der Waals surface area contributed by atoms with Crippen molar-refractivity contribution in [3.63, 3.8) is 0 Å². The van der Waals surface area contributed by atoms with E-state index in [0.717, 1.165) is 10.2 Å². The fourth-order valence-electron chi connectivity index (χ4n) is 2.23. The maximum absolute atomic E-state index is 12.6. The topological polar surface area (TPSA) is 81.5 Å². The van der Waals surface area contributed by atoms with Crippen LogP contribution in [0.5, 0.6) is 11.5 Å². The van der Waals surface area contributed by atoms with Crippen molar-refractivity contribution < 1.29 is 9.47 Å². The predicted octanol–water partition coefficient (Wildman–Crippen LogP) is 3.28. The fourth-order valence-corrected chi connectivity index (χ4v) is 2.40. The minimum Gasteiger partial charge on any atom is -0.493 e. The Kier molecular flexibility index (Phi) is 5.97. The first kappa shape index (κ1) is 19.8. The third-order valence-electron chi connectivity index (χ3n) is 3.43. The van der Waals surface area contributed by atoms with Crippen molar-refractivity contribution in [3.05, 3.63) is 44.6 Å². The van der Waals surface area contributed by atoms with Crippen LogP contribution in [0, 0.1) is 4.77 Å². The summed E-state index contributed by atoms with van der Waals surface area (Å²) in [6.45, 7) is 9.58. The molecule has 0 atom stereocenters. The van der Waals surface area contributed by atoms with E-state index < -0.39 is 5.41 Å². The van der Waals surface area contributed by atoms with E-state index in [1.165, 1.54) is 0 Å². The summed E-state index contributed by atoms with van der Waals surface area (Å²) in [6.07, 6.45) is 1.55. The van der Waals surface area contributed by atoms with Crippen LogP contribution in [0.15, 0.2) is 28.1 Å². The molecule has 1 aromatic heterocycles. The zero-order valence-corrected chi connectivity index (χ0v) is 16.7. The highest BCUT2D eigenvalue weighted by molar-refractivity contribution is 7.71. The normalized spacial score (nSPS) is 12.0. The van der Waals surface area contributed by atoms with Gasteiger partial charge in [-0.25, -0.2) is 0 Å². The highest BCUT2D eigenvalue weighted by Crippen LogP contribution is 2.28. The first-order valence-electron chi connectivity index (χ1n) is 8.24. The quantitative estimate of drug-likeness (QED) is 0.640. The van der Waals surface area contributed by atoms with Gasteiger partial charge in [0.15, 0.2) is 11.5 Å². The molecule has 0 saturated carbocycles. The second-order valence-corrected chi connectivity index (χ2v) is 7.45. The van der Waals surface area contributed by atoms with Crippen LogP contribution < -0.4 is 15.0 Å². The molecule has 2 rings (SSSR count). The van der Waals surface area contributed by atoms with Crippen molar-refractivity contribution >= 4 is 18.4 Å². The Labute approximate surface area is 157 Å². The molecular formula is C18H24N4O3S. The number of H-pyrrole nitrogens is 1. The van der Waals surface area contributed by atoms with Gasteiger partial charge >= 0.3 is 0 Å². The maximum atomic E-state index is 12.6. The highest BCUT2D eigenvalue weighted by Gasteiger charge is 2.21. The molecule has 0 spiro atoms. The number of ether oxygens (including phenoxy) is 2. The van der Waals surface area contributed by atoms with Crippen LogP contribution in [0.4, 0.5) is 0 Å². The SMILES string of the molecule is COc1ccc(/C=N\n2c(=S)[nH]nc(C(C)(C)C)c2=O)cc1OC(C)C. The number of aromatic nitrogens is 3. The predicted molar refractivity (Wildman–Crippen MR) is 104 cm³/mol. The van der Waals surface area contributed by atoms with E-state index in [0.29, 0.717) is 17.2 Å². The van der Waals surface area contributed by atoms with Crippen LogP contribution in [-0.4, -0.2) is 34.3 Å². The van der Waals surface area contributed by atoms with E-state index >= 15 is 0 Å². The summed E-state index contributed by atoms with van der Waals surface area (Å²) in [4.78, 5) is 12.6. The third kappa shape index (κ3) is 4.57. The van der Waals surface area contributed by atoms with Crippen molar-refractivity contribution in [2.45, 2.75) is 46.1 Å². The van der Waals surface area contributed by atoms with Gasteiger partial charge in [-0.2, -0.15) is 14.9 Å². The number of methoxy groups -OCH3 is 1. The van der Waals surface area contributed by atoms with Gasteiger partial charge in [-0.15, -0.1) is 0 Å². The minimum absolute atomic E-state index is 0.00194. The van der Waals surface area contributed by atoms with Gasteiger partial charge in [0.2, 0.25) is 4.77 Å². The summed E-state index contributed by atoms with van der Waals surface area (Å²) in [5, 5.41) is 11.0.